The quantitative estimate of drug-likeness (QED) is 0.550. The van der Waals surface area contributed by atoms with Crippen LogP contribution in [0.4, 0.5) is 0 Å². The molecule has 0 atom stereocenters. The van der Waals surface area contributed by atoms with E-state index in [0.717, 1.165) is 17.3 Å². The summed E-state index contributed by atoms with van der Waals surface area (Å²) in [5.74, 6) is 3.16. The molecule has 0 spiro atoms. The summed E-state index contributed by atoms with van der Waals surface area (Å²) in [6.07, 6.45) is 8.73. The highest BCUT2D eigenvalue weighted by Crippen LogP contribution is 2.20. The summed E-state index contributed by atoms with van der Waals surface area (Å²) >= 11 is 0. The second-order valence-electron chi connectivity index (χ2n) is 3.64. The van der Waals surface area contributed by atoms with Gasteiger partial charge in [0.25, 0.3) is 0 Å². The molecule has 0 aliphatic rings. The summed E-state index contributed by atoms with van der Waals surface area (Å²) in [4.78, 5) is 1.38. The number of ether oxygens (including phenoxy) is 1. The van der Waals surface area contributed by atoms with E-state index in [1.54, 1.807) is 7.11 Å². The van der Waals surface area contributed by atoms with Gasteiger partial charge >= 0.3 is 0 Å². The second-order valence-corrected chi connectivity index (χ2v) is 5.77. The molecule has 0 radical (unpaired) electrons. The largest absolute Gasteiger partial charge is 0.497 e. The van der Waals surface area contributed by atoms with Crippen LogP contribution in [0.25, 0.3) is 0 Å². The summed E-state index contributed by atoms with van der Waals surface area (Å²) in [6.45, 7) is 4.14. The molecule has 1 aromatic carbocycles. The minimum Gasteiger partial charge on any atom is -0.497 e. The van der Waals surface area contributed by atoms with Gasteiger partial charge in [0.05, 0.1) is 7.11 Å². The van der Waals surface area contributed by atoms with Gasteiger partial charge in [0.15, 0.2) is 4.90 Å². The van der Waals surface area contributed by atoms with Crippen LogP contribution in [0.2, 0.25) is 0 Å². The smallest absolute Gasteiger partial charge is 0.159 e. The molecule has 0 aromatic heterocycles. The third-order valence-corrected chi connectivity index (χ3v) is 4.55. The number of allylic oxidation sites excluding steroid dienone is 2. The Balaban J connectivity index is 2.85. The topological polar surface area (TPSA) is 9.23 Å². The molecule has 0 saturated carbocycles. The minimum absolute atomic E-state index is 0.247. The van der Waals surface area contributed by atoms with Crippen LogP contribution >= 0.6 is 0 Å². The summed E-state index contributed by atoms with van der Waals surface area (Å²) < 4.78 is 5.28. The van der Waals surface area contributed by atoms with Crippen LogP contribution in [0.3, 0.4) is 0 Å². The van der Waals surface area contributed by atoms with Crippen molar-refractivity contribution >= 4 is 10.9 Å². The predicted molar refractivity (Wildman–Crippen MR) is 78.0 cm³/mol. The molecular formula is C15H21OS+. The number of hydrogen-bond acceptors (Lipinski definition) is 1. The van der Waals surface area contributed by atoms with E-state index in [2.05, 4.69) is 56.4 Å². The fraction of sp³-hybridized carbons (Fsp3) is 0.333. The van der Waals surface area contributed by atoms with Gasteiger partial charge in [-0.15, -0.1) is 0 Å². The van der Waals surface area contributed by atoms with Gasteiger partial charge in [-0.25, -0.2) is 0 Å². The van der Waals surface area contributed by atoms with Gasteiger partial charge in [-0.1, -0.05) is 18.2 Å². The molecule has 0 bridgehead atoms. The Kier molecular flexibility index (Phi) is 6.56. The fourth-order valence-corrected chi connectivity index (χ4v) is 3.39. The summed E-state index contributed by atoms with van der Waals surface area (Å²) in [5.41, 5.74) is 0. The average molecular weight is 249 g/mol. The normalized spacial score (nSPS) is 11.8. The van der Waals surface area contributed by atoms with E-state index in [0.29, 0.717) is 0 Å². The second kappa shape index (κ2) is 8.02. The zero-order chi connectivity index (χ0) is 12.5. The number of hydrogen-bond donors (Lipinski definition) is 0. The van der Waals surface area contributed by atoms with Crippen molar-refractivity contribution in [3.63, 3.8) is 0 Å². The minimum atomic E-state index is 0.247. The van der Waals surface area contributed by atoms with Crippen molar-refractivity contribution in [3.8, 4) is 5.75 Å². The van der Waals surface area contributed by atoms with Gasteiger partial charge in [-0.05, 0) is 38.1 Å². The SMILES string of the molecule is C/C=C\C[S+](C/C=C\C)c1cccc(OC)c1. The van der Waals surface area contributed by atoms with Gasteiger partial charge < -0.3 is 4.74 Å². The zero-order valence-electron chi connectivity index (χ0n) is 10.8. The van der Waals surface area contributed by atoms with Crippen LogP contribution in [0.5, 0.6) is 5.75 Å². The molecule has 1 nitrogen and oxygen atoms in total. The monoisotopic (exact) mass is 249 g/mol. The van der Waals surface area contributed by atoms with E-state index in [-0.39, 0.29) is 10.9 Å². The molecule has 1 rings (SSSR count). The lowest BCUT2D eigenvalue weighted by Crippen LogP contribution is -2.10. The lowest BCUT2D eigenvalue weighted by Gasteiger charge is -2.06. The molecule has 0 N–H and O–H groups in total. The Labute approximate surface area is 108 Å². The first-order valence-corrected chi connectivity index (χ1v) is 7.42. The molecule has 0 saturated heterocycles. The predicted octanol–water partition coefficient (Wildman–Crippen LogP) is 3.82. The number of methoxy groups -OCH3 is 1. The molecule has 1 aromatic rings. The molecule has 0 fully saturated rings. The molecule has 92 valence electrons. The van der Waals surface area contributed by atoms with Gasteiger partial charge in [-0.3, -0.25) is 0 Å². The maximum atomic E-state index is 5.28. The maximum absolute atomic E-state index is 5.28. The third-order valence-electron chi connectivity index (χ3n) is 2.44. The van der Waals surface area contributed by atoms with Crippen LogP contribution in [0.1, 0.15) is 13.8 Å². The van der Waals surface area contributed by atoms with E-state index in [1.807, 2.05) is 6.07 Å². The summed E-state index contributed by atoms with van der Waals surface area (Å²) in [5, 5.41) is 0. The van der Waals surface area contributed by atoms with Crippen molar-refractivity contribution in [2.75, 3.05) is 18.6 Å². The third kappa shape index (κ3) is 4.70. The molecule has 0 amide bonds. The first-order chi connectivity index (χ1) is 8.31. The Morgan fingerprint density at radius 2 is 1.76 bits per heavy atom. The number of rotatable bonds is 6. The van der Waals surface area contributed by atoms with Crippen LogP contribution in [0, 0.1) is 0 Å². The highest BCUT2D eigenvalue weighted by molar-refractivity contribution is 7.97. The molecule has 0 unspecified atom stereocenters. The van der Waals surface area contributed by atoms with Crippen LogP contribution in [0.15, 0.2) is 53.5 Å². The van der Waals surface area contributed by atoms with E-state index in [9.17, 15) is 0 Å². The standard InChI is InChI=1S/C15H21OS/c1-4-6-11-17(12-7-5-2)15-10-8-9-14(13-15)16-3/h4-10,13H,11-12H2,1-3H3/q+1/b6-4-,7-5-. The maximum Gasteiger partial charge on any atom is 0.159 e. The van der Waals surface area contributed by atoms with Crippen molar-refractivity contribution in [2.24, 2.45) is 0 Å². The van der Waals surface area contributed by atoms with Crippen LogP contribution in [-0.2, 0) is 10.9 Å². The van der Waals surface area contributed by atoms with E-state index in [4.69, 9.17) is 4.74 Å². The molecule has 0 aliphatic carbocycles. The average Bonchev–Trinajstić information content (AvgIpc) is 2.39. The zero-order valence-corrected chi connectivity index (χ0v) is 11.7. The van der Waals surface area contributed by atoms with Crippen LogP contribution in [-0.4, -0.2) is 18.6 Å². The molecule has 2 heteroatoms. The van der Waals surface area contributed by atoms with Crippen molar-refractivity contribution in [1.82, 2.24) is 0 Å². The Hall–Kier alpha value is -1.15. The van der Waals surface area contributed by atoms with Gasteiger partial charge in [-0.2, -0.15) is 0 Å². The van der Waals surface area contributed by atoms with Crippen LogP contribution < -0.4 is 4.74 Å². The van der Waals surface area contributed by atoms with E-state index in [1.165, 1.54) is 4.90 Å². The lowest BCUT2D eigenvalue weighted by atomic mass is 10.3. The Morgan fingerprint density at radius 1 is 1.12 bits per heavy atom. The fourth-order valence-electron chi connectivity index (χ4n) is 1.47. The van der Waals surface area contributed by atoms with E-state index >= 15 is 0 Å². The highest BCUT2D eigenvalue weighted by atomic mass is 32.2. The van der Waals surface area contributed by atoms with Gasteiger partial charge in [0.2, 0.25) is 0 Å². The summed E-state index contributed by atoms with van der Waals surface area (Å²) in [6, 6.07) is 8.41. The lowest BCUT2D eigenvalue weighted by molar-refractivity contribution is 0.413. The Morgan fingerprint density at radius 3 is 2.29 bits per heavy atom. The van der Waals surface area contributed by atoms with Gasteiger partial charge in [0, 0.05) is 17.0 Å². The van der Waals surface area contributed by atoms with Crippen molar-refractivity contribution < 1.29 is 4.74 Å². The summed E-state index contributed by atoms with van der Waals surface area (Å²) in [7, 11) is 1.96. The van der Waals surface area contributed by atoms with Crippen molar-refractivity contribution in [3.05, 3.63) is 48.6 Å². The van der Waals surface area contributed by atoms with Crippen molar-refractivity contribution in [2.45, 2.75) is 18.7 Å². The number of benzene rings is 1. The first kappa shape index (κ1) is 13.9. The van der Waals surface area contributed by atoms with Crippen molar-refractivity contribution in [1.29, 1.82) is 0 Å². The first-order valence-electron chi connectivity index (χ1n) is 5.85. The molecule has 0 aliphatic heterocycles. The Bertz CT molecular complexity index is 368. The molecule has 0 heterocycles. The molecular weight excluding hydrogens is 228 g/mol. The molecule has 17 heavy (non-hydrogen) atoms. The highest BCUT2D eigenvalue weighted by Gasteiger charge is 2.18. The van der Waals surface area contributed by atoms with E-state index < -0.39 is 0 Å². The van der Waals surface area contributed by atoms with Gasteiger partial charge in [0.1, 0.15) is 17.3 Å².